The average molecular weight is 392 g/mol. The van der Waals surface area contributed by atoms with E-state index in [1.54, 1.807) is 0 Å². The number of carbonyl (C=O) groups excluding carboxylic acids is 1. The van der Waals surface area contributed by atoms with E-state index in [9.17, 15) is 13.6 Å². The first-order valence-electron chi connectivity index (χ1n) is 10.3. The maximum Gasteiger partial charge on any atom is 0.223 e. The summed E-state index contributed by atoms with van der Waals surface area (Å²) < 4.78 is 26.8. The first kappa shape index (κ1) is 20.6. The molecule has 0 bridgehead atoms. The molecule has 28 heavy (non-hydrogen) atoms. The first-order valence-corrected chi connectivity index (χ1v) is 10.3. The van der Waals surface area contributed by atoms with E-state index in [2.05, 4.69) is 20.9 Å². The van der Waals surface area contributed by atoms with Crippen LogP contribution in [0, 0.1) is 17.6 Å². The fourth-order valence-electron chi connectivity index (χ4n) is 3.63. The molecule has 2 aliphatic carbocycles. The van der Waals surface area contributed by atoms with E-state index in [-0.39, 0.29) is 17.9 Å². The highest BCUT2D eigenvalue weighted by molar-refractivity contribution is 5.81. The van der Waals surface area contributed by atoms with Gasteiger partial charge in [-0.3, -0.25) is 9.79 Å². The van der Waals surface area contributed by atoms with Gasteiger partial charge in [-0.1, -0.05) is 12.5 Å². The molecule has 154 valence electrons. The molecule has 0 spiro atoms. The molecule has 0 saturated heterocycles. The van der Waals surface area contributed by atoms with Crippen LogP contribution in [0.2, 0.25) is 0 Å². The number of nitrogens with zero attached hydrogens (tertiary/aromatic N) is 1. The molecular formula is C21H30F2N4O. The van der Waals surface area contributed by atoms with Crippen molar-refractivity contribution in [2.75, 3.05) is 13.1 Å². The largest absolute Gasteiger partial charge is 0.357 e. The molecule has 2 atom stereocenters. The molecule has 0 radical (unpaired) electrons. The van der Waals surface area contributed by atoms with Gasteiger partial charge in [0.1, 0.15) is 11.6 Å². The summed E-state index contributed by atoms with van der Waals surface area (Å²) in [5, 5.41) is 9.75. The number of nitrogens with one attached hydrogen (secondary N) is 3. The van der Waals surface area contributed by atoms with E-state index in [4.69, 9.17) is 0 Å². The van der Waals surface area contributed by atoms with Crippen LogP contribution in [0.5, 0.6) is 0 Å². The molecular weight excluding hydrogens is 362 g/mol. The van der Waals surface area contributed by atoms with Gasteiger partial charge in [0.05, 0.1) is 0 Å². The zero-order chi connectivity index (χ0) is 19.9. The van der Waals surface area contributed by atoms with Gasteiger partial charge < -0.3 is 16.0 Å². The van der Waals surface area contributed by atoms with Gasteiger partial charge in [-0.25, -0.2) is 8.78 Å². The van der Waals surface area contributed by atoms with E-state index < -0.39 is 11.6 Å². The predicted molar refractivity (Wildman–Crippen MR) is 106 cm³/mol. The van der Waals surface area contributed by atoms with E-state index >= 15 is 0 Å². The molecule has 1 aromatic rings. The molecule has 2 saturated carbocycles. The van der Waals surface area contributed by atoms with Crippen LogP contribution in [-0.4, -0.2) is 37.0 Å². The summed E-state index contributed by atoms with van der Waals surface area (Å²) in [4.78, 5) is 16.9. The lowest BCUT2D eigenvalue weighted by Gasteiger charge is -2.30. The maximum atomic E-state index is 13.8. The Kier molecular flexibility index (Phi) is 7.23. The molecule has 2 fully saturated rings. The van der Waals surface area contributed by atoms with Crippen LogP contribution in [0.4, 0.5) is 8.78 Å². The number of hydrogen-bond acceptors (Lipinski definition) is 2. The Hall–Kier alpha value is -2.18. The summed E-state index contributed by atoms with van der Waals surface area (Å²) >= 11 is 0. The maximum absolute atomic E-state index is 13.8. The Morgan fingerprint density at radius 3 is 2.68 bits per heavy atom. The van der Waals surface area contributed by atoms with Gasteiger partial charge in [-0.05, 0) is 57.1 Å². The van der Waals surface area contributed by atoms with Crippen molar-refractivity contribution in [3.05, 3.63) is 35.4 Å². The van der Waals surface area contributed by atoms with Crippen LogP contribution < -0.4 is 16.0 Å². The molecule has 2 unspecified atom stereocenters. The van der Waals surface area contributed by atoms with Crippen LogP contribution in [0.15, 0.2) is 23.2 Å². The Balaban J connectivity index is 1.52. The number of carbonyl (C=O) groups is 1. The third kappa shape index (κ3) is 6.17. The van der Waals surface area contributed by atoms with Crippen molar-refractivity contribution in [3.63, 3.8) is 0 Å². The standard InChI is InChI=1S/C21H30F2N4O/c1-2-24-21(25-11-10-14-6-7-16(22)13-19(14)23)27-18-5-3-4-15(12-18)20(28)26-17-8-9-17/h6-7,13,15,17-18H,2-5,8-12H2,1H3,(H,26,28)(H2,24,25,27). The zero-order valence-corrected chi connectivity index (χ0v) is 16.4. The fourth-order valence-corrected chi connectivity index (χ4v) is 3.63. The Labute approximate surface area is 165 Å². The number of guanidine groups is 1. The van der Waals surface area contributed by atoms with Gasteiger partial charge >= 0.3 is 0 Å². The van der Waals surface area contributed by atoms with E-state index in [0.29, 0.717) is 30.5 Å². The van der Waals surface area contributed by atoms with Gasteiger partial charge in [0.2, 0.25) is 5.91 Å². The van der Waals surface area contributed by atoms with Crippen LogP contribution >= 0.6 is 0 Å². The average Bonchev–Trinajstić information content (AvgIpc) is 3.48. The van der Waals surface area contributed by atoms with Crippen LogP contribution in [-0.2, 0) is 11.2 Å². The second kappa shape index (κ2) is 9.85. The topological polar surface area (TPSA) is 65.5 Å². The normalized spacial score (nSPS) is 22.6. The third-order valence-corrected chi connectivity index (χ3v) is 5.32. The lowest BCUT2D eigenvalue weighted by atomic mass is 9.85. The highest BCUT2D eigenvalue weighted by atomic mass is 19.1. The van der Waals surface area contributed by atoms with Crippen molar-refractivity contribution >= 4 is 11.9 Å². The third-order valence-electron chi connectivity index (χ3n) is 5.32. The van der Waals surface area contributed by atoms with Gasteiger partial charge in [0.15, 0.2) is 5.96 Å². The summed E-state index contributed by atoms with van der Waals surface area (Å²) in [7, 11) is 0. The van der Waals surface area contributed by atoms with Crippen molar-refractivity contribution < 1.29 is 13.6 Å². The van der Waals surface area contributed by atoms with E-state index in [1.807, 2.05) is 6.92 Å². The molecule has 1 amide bonds. The predicted octanol–water partition coefficient (Wildman–Crippen LogP) is 2.90. The van der Waals surface area contributed by atoms with Crippen LogP contribution in [0.1, 0.15) is 51.0 Å². The van der Waals surface area contributed by atoms with Crippen molar-refractivity contribution in [2.45, 2.75) is 64.0 Å². The molecule has 0 aromatic heterocycles. The Bertz CT molecular complexity index is 706. The molecule has 1 aromatic carbocycles. The smallest absolute Gasteiger partial charge is 0.223 e. The number of rotatable bonds is 7. The van der Waals surface area contributed by atoms with Crippen molar-refractivity contribution in [3.8, 4) is 0 Å². The fraction of sp³-hybridized carbons (Fsp3) is 0.619. The number of halogens is 2. The van der Waals surface area contributed by atoms with Crippen molar-refractivity contribution in [1.29, 1.82) is 0 Å². The second-order valence-electron chi connectivity index (χ2n) is 7.73. The highest BCUT2D eigenvalue weighted by Crippen LogP contribution is 2.26. The quantitative estimate of drug-likeness (QED) is 0.494. The van der Waals surface area contributed by atoms with Crippen molar-refractivity contribution in [2.24, 2.45) is 10.9 Å². The molecule has 3 rings (SSSR count). The van der Waals surface area contributed by atoms with Gasteiger partial charge in [0, 0.05) is 37.2 Å². The lowest BCUT2D eigenvalue weighted by molar-refractivity contribution is -0.126. The molecule has 7 heteroatoms. The summed E-state index contributed by atoms with van der Waals surface area (Å²) in [5.74, 6) is -0.189. The number of amides is 1. The second-order valence-corrected chi connectivity index (χ2v) is 7.73. The van der Waals surface area contributed by atoms with Crippen molar-refractivity contribution in [1.82, 2.24) is 16.0 Å². The Morgan fingerprint density at radius 2 is 1.96 bits per heavy atom. The summed E-state index contributed by atoms with van der Waals surface area (Å²) in [5.41, 5.74) is 0.454. The van der Waals surface area contributed by atoms with Gasteiger partial charge in [0.25, 0.3) is 0 Å². The van der Waals surface area contributed by atoms with Crippen LogP contribution in [0.3, 0.4) is 0 Å². The minimum atomic E-state index is -0.572. The monoisotopic (exact) mass is 392 g/mol. The molecule has 3 N–H and O–H groups in total. The Morgan fingerprint density at radius 1 is 1.14 bits per heavy atom. The molecule has 0 aliphatic heterocycles. The first-order chi connectivity index (χ1) is 13.5. The summed E-state index contributed by atoms with van der Waals surface area (Å²) in [6.07, 6.45) is 6.37. The highest BCUT2D eigenvalue weighted by Gasteiger charge is 2.31. The minimum Gasteiger partial charge on any atom is -0.357 e. The zero-order valence-electron chi connectivity index (χ0n) is 16.4. The minimum absolute atomic E-state index is 0.0584. The SMILES string of the molecule is CCNC(=NCCc1ccc(F)cc1F)NC1CCCC(C(=O)NC2CC2)C1. The van der Waals surface area contributed by atoms with E-state index in [0.717, 1.165) is 51.1 Å². The number of hydrogen-bond donors (Lipinski definition) is 3. The molecule has 0 heterocycles. The molecule has 5 nitrogen and oxygen atoms in total. The number of benzene rings is 1. The molecule has 2 aliphatic rings. The lowest BCUT2D eigenvalue weighted by Crippen LogP contribution is -2.47. The van der Waals surface area contributed by atoms with Crippen LogP contribution in [0.25, 0.3) is 0 Å². The summed E-state index contributed by atoms with van der Waals surface area (Å²) in [6.45, 7) is 3.11. The number of aliphatic imine (C=N–C) groups is 1. The van der Waals surface area contributed by atoms with E-state index in [1.165, 1.54) is 12.1 Å². The van der Waals surface area contributed by atoms with Gasteiger partial charge in [-0.2, -0.15) is 0 Å². The van der Waals surface area contributed by atoms with Gasteiger partial charge in [-0.15, -0.1) is 0 Å². The summed E-state index contributed by atoms with van der Waals surface area (Å²) in [6, 6.07) is 4.22.